The second kappa shape index (κ2) is 11.5. The summed E-state index contributed by atoms with van der Waals surface area (Å²) in [6.07, 6.45) is 1.46. The lowest BCUT2D eigenvalue weighted by Gasteiger charge is -2.13. The summed E-state index contributed by atoms with van der Waals surface area (Å²) >= 11 is 0. The quantitative estimate of drug-likeness (QED) is 0.257. The molecule has 4 aromatic rings. The SMILES string of the molecule is CCOC(=O)CCc1ccc(OCCc2nc(-c3ccc4ccccc4n3)oc2C)cc1OCC. The van der Waals surface area contributed by atoms with Crippen molar-refractivity contribution in [3.63, 3.8) is 0 Å². The summed E-state index contributed by atoms with van der Waals surface area (Å²) in [4.78, 5) is 21.0. The number of aromatic nitrogens is 2. The van der Waals surface area contributed by atoms with Crippen LogP contribution < -0.4 is 9.47 Å². The van der Waals surface area contributed by atoms with Gasteiger partial charge in [0, 0.05) is 24.3 Å². The van der Waals surface area contributed by atoms with Crippen LogP contribution >= 0.6 is 0 Å². The summed E-state index contributed by atoms with van der Waals surface area (Å²) < 4.78 is 22.7. The van der Waals surface area contributed by atoms with Gasteiger partial charge in [-0.2, -0.15) is 0 Å². The van der Waals surface area contributed by atoms with Crippen molar-refractivity contribution in [2.45, 2.75) is 40.0 Å². The number of esters is 1. The van der Waals surface area contributed by atoms with Gasteiger partial charge in [-0.1, -0.05) is 30.3 Å². The number of aryl methyl sites for hydroxylation is 2. The van der Waals surface area contributed by atoms with E-state index < -0.39 is 0 Å². The van der Waals surface area contributed by atoms with E-state index in [1.807, 2.05) is 68.4 Å². The highest BCUT2D eigenvalue weighted by Gasteiger charge is 2.14. The molecule has 0 saturated carbocycles. The molecule has 2 heterocycles. The summed E-state index contributed by atoms with van der Waals surface area (Å²) in [5, 5.41) is 1.08. The van der Waals surface area contributed by atoms with Crippen LogP contribution in [-0.4, -0.2) is 35.8 Å². The van der Waals surface area contributed by atoms with Gasteiger partial charge in [0.15, 0.2) is 0 Å². The molecule has 0 spiro atoms. The maximum atomic E-state index is 11.7. The van der Waals surface area contributed by atoms with Crippen molar-refractivity contribution in [2.24, 2.45) is 0 Å². The third-order valence-electron chi connectivity index (χ3n) is 5.56. The molecule has 0 aliphatic rings. The Morgan fingerprint density at radius 1 is 0.943 bits per heavy atom. The minimum absolute atomic E-state index is 0.212. The molecule has 35 heavy (non-hydrogen) atoms. The Balaban J connectivity index is 1.39. The molecule has 0 fully saturated rings. The Morgan fingerprint density at radius 2 is 1.80 bits per heavy atom. The molecule has 0 aliphatic carbocycles. The van der Waals surface area contributed by atoms with Crippen molar-refractivity contribution < 1.29 is 23.4 Å². The number of hydrogen-bond acceptors (Lipinski definition) is 7. The van der Waals surface area contributed by atoms with Gasteiger partial charge in [0.2, 0.25) is 5.89 Å². The highest BCUT2D eigenvalue weighted by Crippen LogP contribution is 2.27. The van der Waals surface area contributed by atoms with E-state index in [4.69, 9.17) is 18.6 Å². The van der Waals surface area contributed by atoms with Gasteiger partial charge >= 0.3 is 5.97 Å². The number of pyridine rings is 1. The zero-order valence-corrected chi connectivity index (χ0v) is 20.4. The summed E-state index contributed by atoms with van der Waals surface area (Å²) in [7, 11) is 0. The first-order valence-corrected chi connectivity index (χ1v) is 11.9. The monoisotopic (exact) mass is 474 g/mol. The summed E-state index contributed by atoms with van der Waals surface area (Å²) in [5.74, 6) is 2.47. The first kappa shape index (κ1) is 24.3. The van der Waals surface area contributed by atoms with Gasteiger partial charge in [0.25, 0.3) is 0 Å². The van der Waals surface area contributed by atoms with E-state index in [1.54, 1.807) is 6.92 Å². The van der Waals surface area contributed by atoms with E-state index in [9.17, 15) is 4.79 Å². The Morgan fingerprint density at radius 3 is 2.63 bits per heavy atom. The van der Waals surface area contributed by atoms with Crippen molar-refractivity contribution in [1.82, 2.24) is 9.97 Å². The van der Waals surface area contributed by atoms with E-state index >= 15 is 0 Å². The van der Waals surface area contributed by atoms with E-state index in [2.05, 4.69) is 9.97 Å². The van der Waals surface area contributed by atoms with Gasteiger partial charge in [-0.3, -0.25) is 4.79 Å². The van der Waals surface area contributed by atoms with Crippen molar-refractivity contribution in [2.75, 3.05) is 19.8 Å². The molecule has 4 rings (SSSR count). The average molecular weight is 475 g/mol. The molecule has 0 bridgehead atoms. The van der Waals surface area contributed by atoms with Crippen molar-refractivity contribution in [3.8, 4) is 23.1 Å². The minimum atomic E-state index is -0.212. The fourth-order valence-corrected chi connectivity index (χ4v) is 3.81. The van der Waals surface area contributed by atoms with Gasteiger partial charge in [0.05, 0.1) is 31.0 Å². The van der Waals surface area contributed by atoms with Gasteiger partial charge in [-0.25, -0.2) is 9.97 Å². The maximum Gasteiger partial charge on any atom is 0.306 e. The molecule has 0 atom stereocenters. The summed E-state index contributed by atoms with van der Waals surface area (Å²) in [6.45, 7) is 6.98. The number of benzene rings is 2. The topological polar surface area (TPSA) is 83.7 Å². The summed E-state index contributed by atoms with van der Waals surface area (Å²) in [5.41, 5.74) is 3.40. The van der Waals surface area contributed by atoms with Gasteiger partial charge in [-0.15, -0.1) is 0 Å². The van der Waals surface area contributed by atoms with Crippen molar-refractivity contribution in [1.29, 1.82) is 0 Å². The molecular weight excluding hydrogens is 444 g/mol. The molecule has 2 aromatic heterocycles. The number of para-hydroxylation sites is 1. The highest BCUT2D eigenvalue weighted by atomic mass is 16.5. The Kier molecular flexibility index (Phi) is 7.98. The molecule has 0 aliphatic heterocycles. The predicted octanol–water partition coefficient (Wildman–Crippen LogP) is 5.71. The molecule has 0 saturated heterocycles. The number of carbonyl (C=O) groups excluding carboxylic acids is 1. The number of nitrogens with zero attached hydrogens (tertiary/aromatic N) is 2. The van der Waals surface area contributed by atoms with Crippen LogP contribution in [0.1, 0.15) is 37.3 Å². The molecule has 0 radical (unpaired) electrons. The van der Waals surface area contributed by atoms with Crippen LogP contribution in [0.5, 0.6) is 11.5 Å². The lowest BCUT2D eigenvalue weighted by molar-refractivity contribution is -0.143. The Labute approximate surface area is 205 Å². The molecular formula is C28H30N2O5. The third kappa shape index (κ3) is 6.18. The largest absolute Gasteiger partial charge is 0.493 e. The Bertz CT molecular complexity index is 1300. The van der Waals surface area contributed by atoms with Crippen LogP contribution in [0.2, 0.25) is 0 Å². The zero-order valence-electron chi connectivity index (χ0n) is 20.4. The normalized spacial score (nSPS) is 10.9. The number of rotatable bonds is 11. The van der Waals surface area contributed by atoms with Crippen molar-refractivity contribution in [3.05, 3.63) is 71.6 Å². The fourth-order valence-electron chi connectivity index (χ4n) is 3.81. The van der Waals surface area contributed by atoms with Gasteiger partial charge < -0.3 is 18.6 Å². The number of fused-ring (bicyclic) bond motifs is 1. The van der Waals surface area contributed by atoms with Crippen LogP contribution in [0.3, 0.4) is 0 Å². The maximum absolute atomic E-state index is 11.7. The number of hydrogen-bond donors (Lipinski definition) is 0. The van der Waals surface area contributed by atoms with E-state index in [0.717, 1.165) is 33.7 Å². The number of oxazole rings is 1. The summed E-state index contributed by atoms with van der Waals surface area (Å²) in [6, 6.07) is 17.6. The number of ether oxygens (including phenoxy) is 3. The fraction of sp³-hybridized carbons (Fsp3) is 0.321. The second-order valence-corrected chi connectivity index (χ2v) is 8.02. The standard InChI is InChI=1S/C28H30N2O5/c1-4-32-26-18-22(13-10-21(26)12-15-27(31)33-5-2)34-17-16-23-19(3)35-28(30-23)25-14-11-20-8-6-7-9-24(20)29-25/h6-11,13-14,18H,4-5,12,15-17H2,1-3H3. The molecule has 182 valence electrons. The predicted molar refractivity (Wildman–Crippen MR) is 134 cm³/mol. The smallest absolute Gasteiger partial charge is 0.306 e. The average Bonchev–Trinajstić information content (AvgIpc) is 3.24. The third-order valence-corrected chi connectivity index (χ3v) is 5.56. The molecule has 0 unspecified atom stereocenters. The van der Waals surface area contributed by atoms with Crippen LogP contribution in [0.4, 0.5) is 0 Å². The second-order valence-electron chi connectivity index (χ2n) is 8.02. The molecule has 0 amide bonds. The van der Waals surface area contributed by atoms with Gasteiger partial charge in [-0.05, 0) is 51.0 Å². The lowest BCUT2D eigenvalue weighted by Crippen LogP contribution is -2.07. The highest BCUT2D eigenvalue weighted by molar-refractivity contribution is 5.80. The molecule has 7 nitrogen and oxygen atoms in total. The lowest BCUT2D eigenvalue weighted by atomic mass is 10.1. The minimum Gasteiger partial charge on any atom is -0.493 e. The van der Waals surface area contributed by atoms with Crippen LogP contribution in [0.25, 0.3) is 22.5 Å². The molecule has 7 heteroatoms. The van der Waals surface area contributed by atoms with Crippen LogP contribution in [0.15, 0.2) is 59.0 Å². The zero-order chi connectivity index (χ0) is 24.6. The first-order chi connectivity index (χ1) is 17.1. The van der Waals surface area contributed by atoms with Gasteiger partial charge in [0.1, 0.15) is 23.0 Å². The number of carbonyl (C=O) groups is 1. The Hall–Kier alpha value is -3.87. The van der Waals surface area contributed by atoms with E-state index in [0.29, 0.717) is 56.4 Å². The molecule has 2 aromatic carbocycles. The van der Waals surface area contributed by atoms with E-state index in [-0.39, 0.29) is 5.97 Å². The first-order valence-electron chi connectivity index (χ1n) is 11.9. The van der Waals surface area contributed by atoms with E-state index in [1.165, 1.54) is 0 Å². The van der Waals surface area contributed by atoms with Crippen LogP contribution in [0, 0.1) is 6.92 Å². The van der Waals surface area contributed by atoms with Crippen molar-refractivity contribution >= 4 is 16.9 Å². The molecule has 0 N–H and O–H groups in total. The van der Waals surface area contributed by atoms with Crippen LogP contribution in [-0.2, 0) is 22.4 Å².